The van der Waals surface area contributed by atoms with E-state index < -0.39 is 42.0 Å². The molecule has 17 heteroatoms. The number of sulfone groups is 2. The smallest absolute Gasteiger partial charge is 0.435 e. The zero-order valence-electron chi connectivity index (χ0n) is 20.1. The Morgan fingerprint density at radius 2 is 1.75 bits per heavy atom. The highest BCUT2D eigenvalue weighted by Crippen LogP contribution is 2.34. The molecule has 2 aromatic heterocycles. The van der Waals surface area contributed by atoms with Gasteiger partial charge >= 0.3 is 11.5 Å². The highest BCUT2D eigenvalue weighted by Gasteiger charge is 2.47. The van der Waals surface area contributed by atoms with Gasteiger partial charge in [0.25, 0.3) is 9.84 Å². The van der Waals surface area contributed by atoms with E-state index in [-0.39, 0.29) is 38.9 Å². The molecule has 4 aromatic rings. The fourth-order valence-electron chi connectivity index (χ4n) is 3.41. The monoisotopic (exact) mass is 615 g/mol. The molecule has 0 unspecified atom stereocenters. The molecule has 4 rings (SSSR count). The maximum Gasteiger partial charge on any atom is 0.501 e. The second-order valence-corrected chi connectivity index (χ2v) is 12.6. The average Bonchev–Trinajstić information content (AvgIpc) is 3.33. The fourth-order valence-corrected chi connectivity index (χ4v) is 5.33. The summed E-state index contributed by atoms with van der Waals surface area (Å²) in [7, 11) is -9.64. The average molecular weight is 616 g/mol. The lowest BCUT2D eigenvalue weighted by atomic mass is 10.3. The summed E-state index contributed by atoms with van der Waals surface area (Å²) in [6.45, 7) is 1.36. The number of hydrogen-bond donors (Lipinski definition) is 2. The van der Waals surface area contributed by atoms with Crippen molar-refractivity contribution in [3.05, 3.63) is 59.6 Å². The molecule has 0 aliphatic rings. The zero-order chi connectivity index (χ0) is 29.5. The van der Waals surface area contributed by atoms with Crippen LogP contribution < -0.4 is 10.2 Å². The van der Waals surface area contributed by atoms with Gasteiger partial charge in [-0.25, -0.2) is 31.6 Å². The van der Waals surface area contributed by atoms with Gasteiger partial charge in [0.05, 0.1) is 27.6 Å². The standard InChI is InChI=1S/C23H17ClF3N5O6S2/c1-2-39(34,35)18-9-10-19(31-22(33)32(12-28)14-5-3-13(24)4-6-14)30-20(18)21-29-16-11-15(7-8-17(16)38-21)40(36,37)23(25,26)27/h3-12,28H,2H2,1H3,(H,30,31,33). The Morgan fingerprint density at radius 1 is 1.07 bits per heavy atom. The number of oxazole rings is 1. The third-order valence-corrected chi connectivity index (χ3v) is 8.93. The van der Waals surface area contributed by atoms with Crippen LogP contribution in [0.1, 0.15) is 6.92 Å². The van der Waals surface area contributed by atoms with Gasteiger partial charge in [0.1, 0.15) is 17.0 Å². The first-order chi connectivity index (χ1) is 18.7. The molecule has 2 aromatic carbocycles. The summed E-state index contributed by atoms with van der Waals surface area (Å²) in [5.41, 5.74) is -6.12. The third-order valence-electron chi connectivity index (χ3n) is 5.44. The molecule has 11 nitrogen and oxygen atoms in total. The van der Waals surface area contributed by atoms with Crippen molar-refractivity contribution in [3.63, 3.8) is 0 Å². The predicted octanol–water partition coefficient (Wildman–Crippen LogP) is 5.28. The van der Waals surface area contributed by atoms with Gasteiger partial charge in [0.15, 0.2) is 15.4 Å². The first-order valence-electron chi connectivity index (χ1n) is 11.0. The number of fused-ring (bicyclic) bond motifs is 1. The summed E-state index contributed by atoms with van der Waals surface area (Å²) in [6.07, 6.45) is 0.725. The molecule has 210 valence electrons. The van der Waals surface area contributed by atoms with Crippen LogP contribution in [0.2, 0.25) is 5.02 Å². The highest BCUT2D eigenvalue weighted by atomic mass is 35.5. The van der Waals surface area contributed by atoms with Gasteiger partial charge in [0, 0.05) is 5.02 Å². The van der Waals surface area contributed by atoms with Gasteiger partial charge in [-0.05, 0) is 54.6 Å². The summed E-state index contributed by atoms with van der Waals surface area (Å²) in [5, 5.41) is 10.4. The van der Waals surface area contributed by atoms with Crippen LogP contribution in [-0.2, 0) is 19.7 Å². The molecule has 0 saturated carbocycles. The number of anilines is 2. The van der Waals surface area contributed by atoms with E-state index in [1.807, 2.05) is 0 Å². The Labute approximate surface area is 229 Å². The summed E-state index contributed by atoms with van der Waals surface area (Å²) in [6, 6.07) is 9.68. The van der Waals surface area contributed by atoms with E-state index in [9.17, 15) is 34.8 Å². The Balaban J connectivity index is 1.78. The number of nitrogens with zero attached hydrogens (tertiary/aromatic N) is 3. The third kappa shape index (κ3) is 5.50. The van der Waals surface area contributed by atoms with Gasteiger partial charge in [-0.3, -0.25) is 15.6 Å². The minimum absolute atomic E-state index is 0.148. The number of hydrogen-bond acceptors (Lipinski definition) is 9. The molecule has 2 N–H and O–H groups in total. The second kappa shape index (κ2) is 10.5. The van der Waals surface area contributed by atoms with E-state index in [4.69, 9.17) is 21.4 Å². The molecule has 0 atom stereocenters. The summed E-state index contributed by atoms with van der Waals surface area (Å²) < 4.78 is 93.6. The topological polar surface area (TPSA) is 163 Å². The van der Waals surface area contributed by atoms with E-state index in [1.165, 1.54) is 37.3 Å². The number of amides is 2. The van der Waals surface area contributed by atoms with E-state index in [0.29, 0.717) is 17.2 Å². The molecule has 0 aliphatic carbocycles. The summed E-state index contributed by atoms with van der Waals surface area (Å²) >= 11 is 5.86. The molecule has 0 fully saturated rings. The van der Waals surface area contributed by atoms with Crippen molar-refractivity contribution in [1.82, 2.24) is 9.97 Å². The molecule has 0 bridgehead atoms. The van der Waals surface area contributed by atoms with Crippen LogP contribution in [0, 0.1) is 5.41 Å². The minimum Gasteiger partial charge on any atom is -0.435 e. The Hall–Kier alpha value is -4.02. The van der Waals surface area contributed by atoms with Crippen molar-refractivity contribution in [3.8, 4) is 11.6 Å². The normalized spacial score (nSPS) is 12.3. The number of benzene rings is 2. The van der Waals surface area contributed by atoms with Gasteiger partial charge < -0.3 is 4.42 Å². The first-order valence-corrected chi connectivity index (χ1v) is 14.5. The van der Waals surface area contributed by atoms with Crippen molar-refractivity contribution >= 4 is 66.3 Å². The van der Waals surface area contributed by atoms with Crippen LogP contribution in [0.5, 0.6) is 0 Å². The summed E-state index contributed by atoms with van der Waals surface area (Å²) in [5.74, 6) is -1.00. The number of halogens is 4. The van der Waals surface area contributed by atoms with Crippen molar-refractivity contribution in [2.24, 2.45) is 0 Å². The highest BCUT2D eigenvalue weighted by molar-refractivity contribution is 7.92. The van der Waals surface area contributed by atoms with E-state index in [1.54, 1.807) is 0 Å². The lowest BCUT2D eigenvalue weighted by Gasteiger charge is -2.18. The molecule has 0 spiro atoms. The lowest BCUT2D eigenvalue weighted by Crippen LogP contribution is -2.33. The lowest BCUT2D eigenvalue weighted by molar-refractivity contribution is -0.0436. The van der Waals surface area contributed by atoms with Gasteiger partial charge in [-0.2, -0.15) is 13.2 Å². The fraction of sp³-hybridized carbons (Fsp3) is 0.130. The number of carbonyl (C=O) groups is 1. The van der Waals surface area contributed by atoms with Crippen molar-refractivity contribution in [1.29, 1.82) is 5.41 Å². The number of aromatic nitrogens is 2. The summed E-state index contributed by atoms with van der Waals surface area (Å²) in [4.78, 5) is 20.4. The Bertz CT molecular complexity index is 1840. The SMILES string of the molecule is CCS(=O)(=O)c1ccc(NC(=O)N(C=N)c2ccc(Cl)cc2)nc1-c1nc2cc(S(=O)(=O)C(F)(F)F)ccc2o1. The van der Waals surface area contributed by atoms with Crippen LogP contribution in [0.25, 0.3) is 22.7 Å². The number of pyridine rings is 1. The van der Waals surface area contributed by atoms with Gasteiger partial charge in [-0.15, -0.1) is 0 Å². The van der Waals surface area contributed by atoms with E-state index in [0.717, 1.165) is 23.4 Å². The molecule has 0 radical (unpaired) electrons. The van der Waals surface area contributed by atoms with Crippen LogP contribution in [0.15, 0.2) is 68.8 Å². The number of alkyl halides is 3. The molecule has 0 aliphatic heterocycles. The second-order valence-electron chi connectivity index (χ2n) is 7.95. The van der Waals surface area contributed by atoms with Crippen molar-refractivity contribution < 1.29 is 39.2 Å². The number of nitrogens with one attached hydrogen (secondary N) is 2. The van der Waals surface area contributed by atoms with Crippen LogP contribution >= 0.6 is 11.6 Å². The quantitative estimate of drug-likeness (QED) is 0.210. The maximum absolute atomic E-state index is 13.0. The predicted molar refractivity (Wildman–Crippen MR) is 140 cm³/mol. The zero-order valence-corrected chi connectivity index (χ0v) is 22.5. The molecule has 0 saturated heterocycles. The van der Waals surface area contributed by atoms with Gasteiger partial charge in [-0.1, -0.05) is 18.5 Å². The largest absolute Gasteiger partial charge is 0.501 e. The molecule has 2 heterocycles. The molecule has 40 heavy (non-hydrogen) atoms. The maximum atomic E-state index is 13.0. The molecular formula is C23H17ClF3N5O6S2. The van der Waals surface area contributed by atoms with Crippen LogP contribution in [0.3, 0.4) is 0 Å². The van der Waals surface area contributed by atoms with E-state index in [2.05, 4.69) is 15.3 Å². The Morgan fingerprint density at radius 3 is 2.35 bits per heavy atom. The molecular weight excluding hydrogens is 599 g/mol. The number of rotatable bonds is 7. The van der Waals surface area contributed by atoms with Crippen LogP contribution in [-0.4, -0.2) is 50.4 Å². The van der Waals surface area contributed by atoms with Gasteiger partial charge in [0.2, 0.25) is 5.89 Å². The van der Waals surface area contributed by atoms with Crippen molar-refractivity contribution in [2.45, 2.75) is 22.2 Å². The van der Waals surface area contributed by atoms with Crippen molar-refractivity contribution in [2.75, 3.05) is 16.0 Å². The van der Waals surface area contributed by atoms with Crippen LogP contribution in [0.4, 0.5) is 29.5 Å². The van der Waals surface area contributed by atoms with E-state index >= 15 is 0 Å². The first kappa shape index (κ1) is 29.0. The Kier molecular flexibility index (Phi) is 7.62. The number of urea groups is 1. The number of carbonyl (C=O) groups excluding carboxylic acids is 1. The minimum atomic E-state index is -5.69. The molecule has 2 amide bonds.